The van der Waals surface area contributed by atoms with Gasteiger partial charge in [0.05, 0.1) is 6.61 Å². The van der Waals surface area contributed by atoms with E-state index < -0.39 is 0 Å². The Balaban J connectivity index is 1.77. The molecule has 0 fully saturated rings. The summed E-state index contributed by atoms with van der Waals surface area (Å²) in [5, 5.41) is 12.9. The molecule has 1 aromatic carbocycles. The van der Waals surface area contributed by atoms with E-state index in [0.717, 1.165) is 18.9 Å². The molecule has 18 heavy (non-hydrogen) atoms. The third-order valence-electron chi connectivity index (χ3n) is 3.62. The van der Waals surface area contributed by atoms with Crippen molar-refractivity contribution in [1.82, 2.24) is 5.32 Å². The topological polar surface area (TPSA) is 32.3 Å². The van der Waals surface area contributed by atoms with E-state index >= 15 is 0 Å². The van der Waals surface area contributed by atoms with Gasteiger partial charge in [-0.2, -0.15) is 0 Å². The lowest BCUT2D eigenvalue weighted by Crippen LogP contribution is -2.38. The first-order chi connectivity index (χ1) is 8.88. The summed E-state index contributed by atoms with van der Waals surface area (Å²) in [6.07, 6.45) is 9.10. The minimum absolute atomic E-state index is 0.179. The lowest BCUT2D eigenvalue weighted by atomic mass is 9.94. The van der Waals surface area contributed by atoms with Crippen LogP contribution in [0.3, 0.4) is 0 Å². The van der Waals surface area contributed by atoms with E-state index in [2.05, 4.69) is 41.7 Å². The number of hydrogen-bond donors (Lipinski definition) is 2. The fraction of sp³-hybridized carbons (Fsp3) is 0.500. The highest BCUT2D eigenvalue weighted by molar-refractivity contribution is 5.15. The van der Waals surface area contributed by atoms with Crippen molar-refractivity contribution in [2.75, 3.05) is 13.2 Å². The summed E-state index contributed by atoms with van der Waals surface area (Å²) in [6.45, 7) is 1.22. The number of nitrogens with one attached hydrogen (secondary N) is 1. The Morgan fingerprint density at radius 2 is 2.06 bits per heavy atom. The van der Waals surface area contributed by atoms with Crippen LogP contribution in [0, 0.1) is 5.92 Å². The Kier molecular flexibility index (Phi) is 5.43. The van der Waals surface area contributed by atoms with Crippen molar-refractivity contribution < 1.29 is 5.11 Å². The first kappa shape index (κ1) is 13.3. The lowest BCUT2D eigenvalue weighted by Gasteiger charge is -2.22. The minimum Gasteiger partial charge on any atom is -0.395 e. The summed E-state index contributed by atoms with van der Waals surface area (Å²) in [4.78, 5) is 0. The summed E-state index contributed by atoms with van der Waals surface area (Å²) in [6, 6.07) is 10.5. The van der Waals surface area contributed by atoms with Crippen molar-refractivity contribution in [3.8, 4) is 0 Å². The van der Waals surface area contributed by atoms with Crippen LogP contribution in [-0.2, 0) is 6.42 Å². The van der Waals surface area contributed by atoms with Crippen LogP contribution in [0.5, 0.6) is 0 Å². The first-order valence-corrected chi connectivity index (χ1v) is 6.91. The van der Waals surface area contributed by atoms with Gasteiger partial charge in [-0.3, -0.25) is 0 Å². The van der Waals surface area contributed by atoms with Crippen molar-refractivity contribution >= 4 is 0 Å². The summed E-state index contributed by atoms with van der Waals surface area (Å²) >= 11 is 0. The first-order valence-electron chi connectivity index (χ1n) is 6.91. The third-order valence-corrected chi connectivity index (χ3v) is 3.62. The molecule has 2 N–H and O–H groups in total. The molecular formula is C16H23NO. The molecule has 2 nitrogen and oxygen atoms in total. The van der Waals surface area contributed by atoms with Gasteiger partial charge in [0.1, 0.15) is 0 Å². The molecule has 2 heteroatoms. The van der Waals surface area contributed by atoms with Crippen LogP contribution in [0.4, 0.5) is 0 Å². The highest BCUT2D eigenvalue weighted by Gasteiger charge is 2.13. The molecule has 0 aromatic heterocycles. The van der Waals surface area contributed by atoms with E-state index in [9.17, 15) is 5.11 Å². The average molecular weight is 245 g/mol. The van der Waals surface area contributed by atoms with Crippen LogP contribution >= 0.6 is 0 Å². The molecule has 2 rings (SSSR count). The summed E-state index contributed by atoms with van der Waals surface area (Å²) in [7, 11) is 0. The van der Waals surface area contributed by atoms with Crippen molar-refractivity contribution in [1.29, 1.82) is 0 Å². The van der Waals surface area contributed by atoms with Crippen LogP contribution < -0.4 is 5.32 Å². The Bertz CT molecular complexity index is 361. The average Bonchev–Trinajstić information content (AvgIpc) is 2.45. The normalized spacial score (nSPS) is 20.8. The van der Waals surface area contributed by atoms with Gasteiger partial charge in [-0.1, -0.05) is 42.5 Å². The molecule has 0 saturated heterocycles. The quantitative estimate of drug-likeness (QED) is 0.755. The van der Waals surface area contributed by atoms with Crippen LogP contribution in [0.15, 0.2) is 42.5 Å². The Hall–Kier alpha value is -1.12. The number of rotatable bonds is 6. The molecule has 0 saturated carbocycles. The number of hydrogen-bond acceptors (Lipinski definition) is 2. The maximum absolute atomic E-state index is 9.44. The zero-order valence-corrected chi connectivity index (χ0v) is 10.9. The van der Waals surface area contributed by atoms with Gasteiger partial charge < -0.3 is 10.4 Å². The van der Waals surface area contributed by atoms with Crippen LogP contribution in [0.1, 0.15) is 24.8 Å². The number of aliphatic hydroxyl groups is 1. The molecule has 98 valence electrons. The third kappa shape index (κ3) is 4.28. The summed E-state index contributed by atoms with van der Waals surface area (Å²) in [5.41, 5.74) is 1.28. The molecule has 1 aromatic rings. The van der Waals surface area contributed by atoms with Gasteiger partial charge in [-0.05, 0) is 43.7 Å². The molecule has 0 heterocycles. The van der Waals surface area contributed by atoms with Gasteiger partial charge in [-0.15, -0.1) is 0 Å². The second kappa shape index (κ2) is 7.34. The van der Waals surface area contributed by atoms with Gasteiger partial charge in [0.2, 0.25) is 0 Å². The summed E-state index contributed by atoms with van der Waals surface area (Å²) < 4.78 is 0. The van der Waals surface area contributed by atoms with Crippen molar-refractivity contribution in [2.45, 2.75) is 31.7 Å². The maximum Gasteiger partial charge on any atom is 0.0587 e. The molecule has 0 aliphatic heterocycles. The number of aliphatic hydroxyl groups excluding tert-OH is 1. The van der Waals surface area contributed by atoms with E-state index in [1.807, 2.05) is 6.07 Å². The van der Waals surface area contributed by atoms with Crippen LogP contribution in [-0.4, -0.2) is 24.3 Å². The monoisotopic (exact) mass is 245 g/mol. The van der Waals surface area contributed by atoms with Gasteiger partial charge in [0.15, 0.2) is 0 Å². The predicted molar refractivity (Wildman–Crippen MR) is 75.5 cm³/mol. The fourth-order valence-corrected chi connectivity index (χ4v) is 2.47. The predicted octanol–water partition coefficient (Wildman–Crippen LogP) is 2.54. The molecule has 2 atom stereocenters. The number of allylic oxidation sites excluding steroid dienone is 2. The molecule has 1 aliphatic carbocycles. The highest BCUT2D eigenvalue weighted by atomic mass is 16.3. The van der Waals surface area contributed by atoms with E-state index in [1.54, 1.807) is 0 Å². The molecular weight excluding hydrogens is 222 g/mol. The van der Waals surface area contributed by atoms with Crippen molar-refractivity contribution in [3.05, 3.63) is 48.0 Å². The second-order valence-corrected chi connectivity index (χ2v) is 5.13. The van der Waals surface area contributed by atoms with Crippen molar-refractivity contribution in [2.24, 2.45) is 5.92 Å². The SMILES string of the molecule is OC[C@H](Cc1ccccc1)NCC1CC=CCC1. The Labute approximate surface area is 110 Å². The summed E-state index contributed by atoms with van der Waals surface area (Å²) in [5.74, 6) is 0.736. The van der Waals surface area contributed by atoms with E-state index in [4.69, 9.17) is 0 Å². The highest BCUT2D eigenvalue weighted by Crippen LogP contribution is 2.17. The molecule has 0 amide bonds. The van der Waals surface area contributed by atoms with E-state index in [0.29, 0.717) is 0 Å². The van der Waals surface area contributed by atoms with Crippen molar-refractivity contribution in [3.63, 3.8) is 0 Å². The van der Waals surface area contributed by atoms with Crippen LogP contribution in [0.25, 0.3) is 0 Å². The lowest BCUT2D eigenvalue weighted by molar-refractivity contribution is 0.234. The molecule has 0 radical (unpaired) electrons. The zero-order chi connectivity index (χ0) is 12.6. The van der Waals surface area contributed by atoms with E-state index in [-0.39, 0.29) is 12.6 Å². The number of benzene rings is 1. The zero-order valence-electron chi connectivity index (χ0n) is 10.9. The van der Waals surface area contributed by atoms with Gasteiger partial charge in [0.25, 0.3) is 0 Å². The van der Waals surface area contributed by atoms with Crippen LogP contribution in [0.2, 0.25) is 0 Å². The smallest absolute Gasteiger partial charge is 0.0587 e. The molecule has 1 aliphatic rings. The minimum atomic E-state index is 0.179. The van der Waals surface area contributed by atoms with Gasteiger partial charge in [0, 0.05) is 6.04 Å². The Morgan fingerprint density at radius 1 is 1.22 bits per heavy atom. The standard InChI is InChI=1S/C16H23NO/c18-13-16(11-14-7-3-1-4-8-14)17-12-15-9-5-2-6-10-15/h1-5,7-8,15-18H,6,9-13H2/t15?,16-/m0/s1. The van der Waals surface area contributed by atoms with Gasteiger partial charge in [-0.25, -0.2) is 0 Å². The second-order valence-electron chi connectivity index (χ2n) is 5.13. The molecule has 0 bridgehead atoms. The Morgan fingerprint density at radius 3 is 2.72 bits per heavy atom. The molecule has 1 unspecified atom stereocenters. The maximum atomic E-state index is 9.44. The molecule has 0 spiro atoms. The van der Waals surface area contributed by atoms with Gasteiger partial charge >= 0.3 is 0 Å². The van der Waals surface area contributed by atoms with E-state index in [1.165, 1.54) is 24.8 Å². The largest absolute Gasteiger partial charge is 0.395 e. The fourth-order valence-electron chi connectivity index (χ4n) is 2.47.